The number of halogens is 1. The number of nitrogens with one attached hydrogen (secondary N) is 1. The Bertz CT molecular complexity index is 637. The summed E-state index contributed by atoms with van der Waals surface area (Å²) in [5.74, 6) is 0.670. The number of rotatable bonds is 6. The van der Waals surface area contributed by atoms with E-state index in [1.807, 2.05) is 55.5 Å². The first kappa shape index (κ1) is 16.2. The Labute approximate surface area is 138 Å². The topological polar surface area (TPSA) is 50.7 Å². The minimum absolute atomic E-state index is 0.149. The molecule has 1 N–H and O–H groups in total. The van der Waals surface area contributed by atoms with Crippen molar-refractivity contribution >= 4 is 28.1 Å². The van der Waals surface area contributed by atoms with E-state index in [0.29, 0.717) is 13.0 Å². The van der Waals surface area contributed by atoms with Crippen LogP contribution in [0.1, 0.15) is 18.1 Å². The van der Waals surface area contributed by atoms with Gasteiger partial charge in [0.2, 0.25) is 5.91 Å². The average molecular weight is 361 g/mol. The van der Waals surface area contributed by atoms with Gasteiger partial charge in [-0.1, -0.05) is 28.1 Å². The predicted molar refractivity (Wildman–Crippen MR) is 91.2 cm³/mol. The zero-order valence-electron chi connectivity index (χ0n) is 12.3. The van der Waals surface area contributed by atoms with Crippen molar-refractivity contribution in [2.45, 2.75) is 13.3 Å². The van der Waals surface area contributed by atoms with Gasteiger partial charge in [0.15, 0.2) is 0 Å². The molecule has 114 valence electrons. The van der Waals surface area contributed by atoms with Crippen LogP contribution in [0.2, 0.25) is 0 Å². The van der Waals surface area contributed by atoms with Crippen LogP contribution in [0, 0.1) is 0 Å². The minimum atomic E-state index is -0.149. The lowest BCUT2D eigenvalue weighted by molar-refractivity contribution is -0.120. The van der Waals surface area contributed by atoms with E-state index in [1.165, 1.54) is 0 Å². The molecular weight excluding hydrogens is 344 g/mol. The summed E-state index contributed by atoms with van der Waals surface area (Å²) in [4.78, 5) is 11.8. The average Bonchev–Trinajstić information content (AvgIpc) is 2.52. The normalized spacial score (nSPS) is 10.6. The zero-order valence-corrected chi connectivity index (χ0v) is 13.8. The molecule has 0 saturated carbocycles. The molecule has 22 heavy (non-hydrogen) atoms. The molecule has 0 aromatic heterocycles. The summed E-state index contributed by atoms with van der Waals surface area (Å²) in [6.45, 7) is 2.58. The maximum absolute atomic E-state index is 11.8. The van der Waals surface area contributed by atoms with Crippen LogP contribution in [0.5, 0.6) is 5.75 Å². The highest BCUT2D eigenvalue weighted by molar-refractivity contribution is 9.10. The number of carbonyl (C=O) groups is 1. The number of carbonyl (C=O) groups excluding carboxylic acids is 1. The Morgan fingerprint density at radius 1 is 1.18 bits per heavy atom. The van der Waals surface area contributed by atoms with Crippen molar-refractivity contribution in [3.05, 3.63) is 64.1 Å². The van der Waals surface area contributed by atoms with Gasteiger partial charge in [-0.3, -0.25) is 4.79 Å². The summed E-state index contributed by atoms with van der Waals surface area (Å²) in [7, 11) is 0. The van der Waals surface area contributed by atoms with Crippen LogP contribution in [0.3, 0.4) is 0 Å². The van der Waals surface area contributed by atoms with Gasteiger partial charge in [-0.2, -0.15) is 5.10 Å². The Kier molecular flexibility index (Phi) is 6.15. The zero-order chi connectivity index (χ0) is 15.8. The number of hydrogen-bond donors (Lipinski definition) is 1. The van der Waals surface area contributed by atoms with Crippen molar-refractivity contribution in [2.24, 2.45) is 5.10 Å². The molecule has 0 aliphatic carbocycles. The van der Waals surface area contributed by atoms with Crippen LogP contribution in [-0.2, 0) is 11.2 Å². The van der Waals surface area contributed by atoms with E-state index in [0.717, 1.165) is 21.3 Å². The molecule has 5 heteroatoms. The molecule has 2 aromatic carbocycles. The summed E-state index contributed by atoms with van der Waals surface area (Å²) in [5, 5.41) is 3.96. The SMILES string of the molecule is CCOc1ccc(/C=N/NC(=O)Cc2ccc(Br)cc2)cc1. The van der Waals surface area contributed by atoms with Gasteiger partial charge in [-0.15, -0.1) is 0 Å². The third-order valence-electron chi connectivity index (χ3n) is 2.87. The monoisotopic (exact) mass is 360 g/mol. The molecule has 0 aliphatic heterocycles. The van der Waals surface area contributed by atoms with Crippen molar-refractivity contribution in [3.63, 3.8) is 0 Å². The highest BCUT2D eigenvalue weighted by Crippen LogP contribution is 2.11. The largest absolute Gasteiger partial charge is 0.494 e. The number of ether oxygens (including phenoxy) is 1. The van der Waals surface area contributed by atoms with Crippen LogP contribution in [0.15, 0.2) is 58.1 Å². The van der Waals surface area contributed by atoms with Crippen LogP contribution in [0.25, 0.3) is 0 Å². The van der Waals surface area contributed by atoms with E-state index in [9.17, 15) is 4.79 Å². The first-order chi connectivity index (χ1) is 10.7. The molecule has 0 bridgehead atoms. The number of hydrazone groups is 1. The van der Waals surface area contributed by atoms with E-state index >= 15 is 0 Å². The molecular formula is C17H17BrN2O2. The fraction of sp³-hybridized carbons (Fsp3) is 0.176. The van der Waals surface area contributed by atoms with E-state index in [2.05, 4.69) is 26.5 Å². The van der Waals surface area contributed by atoms with Gasteiger partial charge in [0.1, 0.15) is 5.75 Å². The van der Waals surface area contributed by atoms with E-state index < -0.39 is 0 Å². The first-order valence-electron chi connectivity index (χ1n) is 6.96. The second kappa shape index (κ2) is 8.34. The molecule has 0 aliphatic rings. The summed E-state index contributed by atoms with van der Waals surface area (Å²) >= 11 is 3.36. The number of benzene rings is 2. The van der Waals surface area contributed by atoms with Gasteiger partial charge in [-0.25, -0.2) is 5.43 Å². The summed E-state index contributed by atoms with van der Waals surface area (Å²) in [6.07, 6.45) is 1.91. The maximum Gasteiger partial charge on any atom is 0.244 e. The number of amides is 1. The first-order valence-corrected chi connectivity index (χ1v) is 7.76. The Balaban J connectivity index is 1.83. The molecule has 4 nitrogen and oxygen atoms in total. The number of nitrogens with zero attached hydrogens (tertiary/aromatic N) is 1. The Hall–Kier alpha value is -2.14. The molecule has 1 amide bonds. The summed E-state index contributed by atoms with van der Waals surface area (Å²) in [6, 6.07) is 15.1. The molecule has 0 heterocycles. The minimum Gasteiger partial charge on any atom is -0.494 e. The van der Waals surface area contributed by atoms with E-state index in [4.69, 9.17) is 4.74 Å². The summed E-state index contributed by atoms with van der Waals surface area (Å²) in [5.41, 5.74) is 4.36. The second-order valence-electron chi connectivity index (χ2n) is 4.60. The molecule has 0 spiro atoms. The molecule has 0 radical (unpaired) electrons. The van der Waals surface area contributed by atoms with Crippen molar-refractivity contribution in [1.29, 1.82) is 0 Å². The van der Waals surface area contributed by atoms with Gasteiger partial charge in [0.25, 0.3) is 0 Å². The van der Waals surface area contributed by atoms with Crippen molar-refractivity contribution < 1.29 is 9.53 Å². The van der Waals surface area contributed by atoms with Crippen LogP contribution < -0.4 is 10.2 Å². The quantitative estimate of drug-likeness (QED) is 0.632. The standard InChI is InChI=1S/C17H17BrN2O2/c1-2-22-16-9-5-14(6-10-16)12-19-20-17(21)11-13-3-7-15(18)8-4-13/h3-10,12H,2,11H2,1H3,(H,20,21)/b19-12+. The lowest BCUT2D eigenvalue weighted by atomic mass is 10.1. The highest BCUT2D eigenvalue weighted by Gasteiger charge is 2.01. The maximum atomic E-state index is 11.8. The van der Waals surface area contributed by atoms with Crippen LogP contribution >= 0.6 is 15.9 Å². The van der Waals surface area contributed by atoms with Gasteiger partial charge in [-0.05, 0) is 54.4 Å². The molecule has 0 saturated heterocycles. The molecule has 0 unspecified atom stereocenters. The van der Waals surface area contributed by atoms with Crippen LogP contribution in [0.4, 0.5) is 0 Å². The van der Waals surface area contributed by atoms with Crippen LogP contribution in [-0.4, -0.2) is 18.7 Å². The molecule has 0 fully saturated rings. The third kappa shape index (κ3) is 5.33. The third-order valence-corrected chi connectivity index (χ3v) is 3.40. The fourth-order valence-corrected chi connectivity index (χ4v) is 2.09. The second-order valence-corrected chi connectivity index (χ2v) is 5.51. The fourth-order valence-electron chi connectivity index (χ4n) is 1.82. The van der Waals surface area contributed by atoms with Crippen molar-refractivity contribution in [1.82, 2.24) is 5.43 Å². The molecule has 2 aromatic rings. The highest BCUT2D eigenvalue weighted by atomic mass is 79.9. The Morgan fingerprint density at radius 3 is 2.50 bits per heavy atom. The van der Waals surface area contributed by atoms with E-state index in [1.54, 1.807) is 6.21 Å². The smallest absolute Gasteiger partial charge is 0.244 e. The van der Waals surface area contributed by atoms with Gasteiger partial charge >= 0.3 is 0 Å². The van der Waals surface area contributed by atoms with Gasteiger partial charge in [0, 0.05) is 4.47 Å². The van der Waals surface area contributed by atoms with E-state index in [-0.39, 0.29) is 5.91 Å². The number of hydrogen-bond acceptors (Lipinski definition) is 3. The van der Waals surface area contributed by atoms with Gasteiger partial charge in [0.05, 0.1) is 19.2 Å². The van der Waals surface area contributed by atoms with Gasteiger partial charge < -0.3 is 4.74 Å². The lowest BCUT2D eigenvalue weighted by Gasteiger charge is -2.02. The molecule has 2 rings (SSSR count). The predicted octanol–water partition coefficient (Wildman–Crippen LogP) is 3.54. The lowest BCUT2D eigenvalue weighted by Crippen LogP contribution is -2.19. The summed E-state index contributed by atoms with van der Waals surface area (Å²) < 4.78 is 6.35. The van der Waals surface area contributed by atoms with Crippen molar-refractivity contribution in [3.8, 4) is 5.75 Å². The Morgan fingerprint density at radius 2 is 1.86 bits per heavy atom. The molecule has 0 atom stereocenters. The van der Waals surface area contributed by atoms with Crippen molar-refractivity contribution in [2.75, 3.05) is 6.61 Å².